The van der Waals surface area contributed by atoms with E-state index in [0.717, 1.165) is 49.0 Å². The number of piperidine rings is 1. The highest BCUT2D eigenvalue weighted by Crippen LogP contribution is 2.29. The van der Waals surface area contributed by atoms with Gasteiger partial charge in [-0.1, -0.05) is 0 Å². The summed E-state index contributed by atoms with van der Waals surface area (Å²) in [4.78, 5) is 13.8. The molecule has 3 aromatic rings. The quantitative estimate of drug-likeness (QED) is 0.377. The highest BCUT2D eigenvalue weighted by atomic mass is 32.2. The molecule has 3 heterocycles. The van der Waals surface area contributed by atoms with Crippen LogP contribution in [-0.4, -0.2) is 39.9 Å². The van der Waals surface area contributed by atoms with Crippen LogP contribution in [0.4, 0.5) is 15.9 Å². The molecular formula is C17H19FN6O2S. The summed E-state index contributed by atoms with van der Waals surface area (Å²) in [5.41, 5.74) is 1.06. The molecule has 2 aromatic heterocycles. The van der Waals surface area contributed by atoms with Gasteiger partial charge in [0.15, 0.2) is 5.65 Å². The molecule has 0 saturated carbocycles. The molecule has 142 valence electrons. The Hall–Kier alpha value is -2.27. The summed E-state index contributed by atoms with van der Waals surface area (Å²) in [6.45, 7) is 1.93. The first-order valence-corrected chi connectivity index (χ1v) is 9.33. The van der Waals surface area contributed by atoms with Crippen molar-refractivity contribution in [1.29, 1.82) is 0 Å². The molecule has 0 aliphatic carbocycles. The maximum Gasteiger partial charge on any atom is 0.163 e. The van der Waals surface area contributed by atoms with Gasteiger partial charge < -0.3 is 10.6 Å². The zero-order chi connectivity index (χ0) is 18.6. The van der Waals surface area contributed by atoms with Gasteiger partial charge in [0.1, 0.15) is 18.0 Å². The number of rotatable bonds is 6. The van der Waals surface area contributed by atoms with E-state index in [-0.39, 0.29) is 0 Å². The number of aromatic nitrogens is 4. The largest absolute Gasteiger partial charge is 0.337 e. The van der Waals surface area contributed by atoms with Gasteiger partial charge >= 0.3 is 0 Å². The second kappa shape index (κ2) is 8.17. The van der Waals surface area contributed by atoms with Crippen molar-refractivity contribution >= 4 is 34.6 Å². The van der Waals surface area contributed by atoms with E-state index in [1.54, 1.807) is 18.3 Å². The average molecular weight is 390 g/mol. The lowest BCUT2D eigenvalue weighted by atomic mass is 10.1. The third-order valence-corrected chi connectivity index (χ3v) is 5.09. The Labute approximate surface area is 159 Å². The lowest BCUT2D eigenvalue weighted by Gasteiger charge is -2.23. The first kappa shape index (κ1) is 18.1. The summed E-state index contributed by atoms with van der Waals surface area (Å²) < 4.78 is 21.1. The van der Waals surface area contributed by atoms with Gasteiger partial charge in [0.05, 0.1) is 42.5 Å². The van der Waals surface area contributed by atoms with Crippen LogP contribution in [-0.2, 0) is 9.22 Å². The molecule has 0 amide bonds. The molecular weight excluding hydrogens is 371 g/mol. The van der Waals surface area contributed by atoms with E-state index >= 15 is 0 Å². The molecule has 0 bridgehead atoms. The first-order chi connectivity index (χ1) is 13.3. The molecule has 1 aliphatic rings. The van der Waals surface area contributed by atoms with Crippen molar-refractivity contribution in [3.05, 3.63) is 36.5 Å². The number of nitrogens with zero attached hydrogens (tertiary/aromatic N) is 4. The number of anilines is 2. The third-order valence-electron chi connectivity index (χ3n) is 4.44. The molecule has 1 aliphatic heterocycles. The number of nitrogens with one attached hydrogen (secondary N) is 2. The number of hydrogen-bond donors (Lipinski definition) is 2. The maximum absolute atomic E-state index is 14.4. The van der Waals surface area contributed by atoms with Crippen molar-refractivity contribution < 1.29 is 13.6 Å². The van der Waals surface area contributed by atoms with Crippen molar-refractivity contribution in [2.45, 2.75) is 23.8 Å². The Bertz CT molecular complexity index is 931. The molecule has 8 nitrogen and oxygen atoms in total. The van der Waals surface area contributed by atoms with Gasteiger partial charge in [-0.05, 0) is 44.1 Å². The van der Waals surface area contributed by atoms with Gasteiger partial charge in [0, 0.05) is 4.90 Å². The lowest BCUT2D eigenvalue weighted by molar-refractivity contribution is -0.160. The van der Waals surface area contributed by atoms with Crippen molar-refractivity contribution in [3.63, 3.8) is 0 Å². The second-order valence-electron chi connectivity index (χ2n) is 6.11. The van der Waals surface area contributed by atoms with Crippen LogP contribution in [0.2, 0.25) is 0 Å². The number of benzene rings is 1. The predicted octanol–water partition coefficient (Wildman–Crippen LogP) is 3.22. The zero-order valence-electron chi connectivity index (χ0n) is 14.7. The molecule has 0 spiro atoms. The van der Waals surface area contributed by atoms with Crippen molar-refractivity contribution in [2.75, 3.05) is 25.5 Å². The average Bonchev–Trinajstić information content (AvgIpc) is 3.14. The maximum atomic E-state index is 14.4. The summed E-state index contributed by atoms with van der Waals surface area (Å²) in [6.07, 6.45) is 5.20. The smallest absolute Gasteiger partial charge is 0.163 e. The highest BCUT2D eigenvalue weighted by molar-refractivity contribution is 7.94. The molecule has 0 unspecified atom stereocenters. The predicted molar refractivity (Wildman–Crippen MR) is 100 cm³/mol. The summed E-state index contributed by atoms with van der Waals surface area (Å²) in [7, 11) is 1.39. The minimum absolute atomic E-state index is 0.306. The van der Waals surface area contributed by atoms with Crippen LogP contribution in [0.3, 0.4) is 0 Å². The molecule has 1 fully saturated rings. The topological polar surface area (TPSA) is 86.1 Å². The SMILES string of the molecule is COOSc1ccc(Nc2ncnc3c2cnn3C2CCNCC2)c(F)c1. The van der Waals surface area contributed by atoms with Gasteiger partial charge in [-0.25, -0.2) is 23.9 Å². The molecule has 0 radical (unpaired) electrons. The van der Waals surface area contributed by atoms with E-state index in [1.165, 1.54) is 19.5 Å². The summed E-state index contributed by atoms with van der Waals surface area (Å²) in [6, 6.07) is 5.02. The fraction of sp³-hybridized carbons (Fsp3) is 0.353. The Morgan fingerprint density at radius 3 is 2.93 bits per heavy atom. The lowest BCUT2D eigenvalue weighted by Crippen LogP contribution is -2.29. The normalized spacial score (nSPS) is 15.3. The van der Waals surface area contributed by atoms with Crippen LogP contribution >= 0.6 is 12.0 Å². The van der Waals surface area contributed by atoms with Crippen LogP contribution in [0.5, 0.6) is 0 Å². The Kier molecular flexibility index (Phi) is 5.48. The van der Waals surface area contributed by atoms with Crippen LogP contribution in [0.25, 0.3) is 11.0 Å². The van der Waals surface area contributed by atoms with E-state index in [2.05, 4.69) is 30.6 Å². The Balaban J connectivity index is 1.60. The standard InChI is InChI=1S/C17H19FN6O2S/c1-25-26-27-12-2-3-15(14(18)8-12)23-16-13-9-22-24(17(13)21-10-20-16)11-4-6-19-7-5-11/h2-3,8-11,19H,4-7H2,1H3,(H,20,21,23). The van der Waals surface area contributed by atoms with Crippen molar-refractivity contribution in [2.24, 2.45) is 0 Å². The number of hydrogen-bond acceptors (Lipinski definition) is 8. The molecule has 10 heteroatoms. The number of fused-ring (bicyclic) bond motifs is 1. The third kappa shape index (κ3) is 3.88. The number of halogens is 1. The Morgan fingerprint density at radius 2 is 2.15 bits per heavy atom. The van der Waals surface area contributed by atoms with E-state index in [4.69, 9.17) is 4.33 Å². The van der Waals surface area contributed by atoms with E-state index in [0.29, 0.717) is 22.4 Å². The fourth-order valence-corrected chi connectivity index (χ4v) is 3.55. The highest BCUT2D eigenvalue weighted by Gasteiger charge is 2.20. The van der Waals surface area contributed by atoms with Gasteiger partial charge in [0.25, 0.3) is 0 Å². The molecule has 2 N–H and O–H groups in total. The minimum atomic E-state index is -0.419. The summed E-state index contributed by atoms with van der Waals surface area (Å²) >= 11 is 0.937. The molecule has 1 saturated heterocycles. The van der Waals surface area contributed by atoms with E-state index < -0.39 is 5.82 Å². The minimum Gasteiger partial charge on any atom is -0.337 e. The van der Waals surface area contributed by atoms with Crippen molar-refractivity contribution in [1.82, 2.24) is 25.1 Å². The van der Waals surface area contributed by atoms with E-state index in [9.17, 15) is 4.39 Å². The molecule has 27 heavy (non-hydrogen) atoms. The zero-order valence-corrected chi connectivity index (χ0v) is 15.5. The van der Waals surface area contributed by atoms with Gasteiger partial charge in [0.2, 0.25) is 0 Å². The molecule has 4 rings (SSSR count). The van der Waals surface area contributed by atoms with Crippen molar-refractivity contribution in [3.8, 4) is 0 Å². The van der Waals surface area contributed by atoms with Crippen LogP contribution in [0.1, 0.15) is 18.9 Å². The fourth-order valence-electron chi connectivity index (χ4n) is 3.13. The molecule has 1 aromatic carbocycles. The van der Waals surface area contributed by atoms with Gasteiger partial charge in [-0.3, -0.25) is 0 Å². The van der Waals surface area contributed by atoms with Crippen LogP contribution < -0.4 is 10.6 Å². The Morgan fingerprint density at radius 1 is 1.30 bits per heavy atom. The van der Waals surface area contributed by atoms with Crippen LogP contribution in [0, 0.1) is 5.82 Å². The monoisotopic (exact) mass is 390 g/mol. The van der Waals surface area contributed by atoms with Crippen LogP contribution in [0.15, 0.2) is 35.6 Å². The van der Waals surface area contributed by atoms with Gasteiger partial charge in [-0.2, -0.15) is 9.43 Å². The van der Waals surface area contributed by atoms with Gasteiger partial charge in [-0.15, -0.1) is 0 Å². The molecule has 0 atom stereocenters. The summed E-state index contributed by atoms with van der Waals surface area (Å²) in [5, 5.41) is 11.7. The second-order valence-corrected chi connectivity index (χ2v) is 6.89. The first-order valence-electron chi connectivity index (χ1n) is 8.59. The van der Waals surface area contributed by atoms with E-state index in [1.807, 2.05) is 4.68 Å². The summed E-state index contributed by atoms with van der Waals surface area (Å²) in [5.74, 6) is 0.102.